The van der Waals surface area contributed by atoms with Crippen molar-refractivity contribution >= 4 is 0 Å². The molecule has 1 rings (SSSR count). The topological polar surface area (TPSA) is 24.5 Å². The van der Waals surface area contributed by atoms with Crippen LogP contribution < -0.4 is 5.32 Å². The van der Waals surface area contributed by atoms with Gasteiger partial charge in [0.15, 0.2) is 0 Å². The molecule has 3 nitrogen and oxygen atoms in total. The normalized spacial score (nSPS) is 25.5. The van der Waals surface area contributed by atoms with Crippen LogP contribution in [0.15, 0.2) is 0 Å². The first-order valence-corrected chi connectivity index (χ1v) is 7.73. The van der Waals surface area contributed by atoms with Crippen molar-refractivity contribution in [1.29, 1.82) is 0 Å². The monoisotopic (exact) mass is 256 g/mol. The number of nitrogens with one attached hydrogen (secondary N) is 1. The van der Waals surface area contributed by atoms with Gasteiger partial charge in [-0.1, -0.05) is 13.8 Å². The summed E-state index contributed by atoms with van der Waals surface area (Å²) in [5.41, 5.74) is 0. The van der Waals surface area contributed by atoms with E-state index in [1.54, 1.807) is 0 Å². The van der Waals surface area contributed by atoms with Crippen molar-refractivity contribution in [1.82, 2.24) is 10.2 Å². The van der Waals surface area contributed by atoms with Crippen molar-refractivity contribution < 1.29 is 4.74 Å². The van der Waals surface area contributed by atoms with E-state index in [1.165, 1.54) is 38.9 Å². The fraction of sp³-hybridized carbons (Fsp3) is 1.00. The lowest BCUT2D eigenvalue weighted by Gasteiger charge is -2.34. The Morgan fingerprint density at radius 1 is 1.11 bits per heavy atom. The van der Waals surface area contributed by atoms with Crippen molar-refractivity contribution in [2.24, 2.45) is 11.8 Å². The van der Waals surface area contributed by atoms with E-state index >= 15 is 0 Å². The molecule has 0 radical (unpaired) electrons. The molecule has 0 aromatic rings. The van der Waals surface area contributed by atoms with Gasteiger partial charge in [0.2, 0.25) is 0 Å². The molecule has 1 fully saturated rings. The summed E-state index contributed by atoms with van der Waals surface area (Å²) in [5, 5.41) is 3.54. The van der Waals surface area contributed by atoms with E-state index in [4.69, 9.17) is 4.74 Å². The van der Waals surface area contributed by atoms with Crippen LogP contribution in [-0.2, 0) is 4.74 Å². The first kappa shape index (κ1) is 15.9. The van der Waals surface area contributed by atoms with Gasteiger partial charge in [0, 0.05) is 39.4 Å². The maximum Gasteiger partial charge on any atom is 0.0466 e. The van der Waals surface area contributed by atoms with Gasteiger partial charge in [-0.15, -0.1) is 0 Å². The smallest absolute Gasteiger partial charge is 0.0466 e. The van der Waals surface area contributed by atoms with E-state index in [9.17, 15) is 0 Å². The Bertz CT molecular complexity index is 189. The second-order valence-corrected chi connectivity index (χ2v) is 5.86. The van der Waals surface area contributed by atoms with Crippen LogP contribution in [0.4, 0.5) is 0 Å². The third-order valence-corrected chi connectivity index (χ3v) is 3.65. The number of unbranched alkanes of at least 4 members (excludes halogenated alkanes) is 1. The molecule has 3 heteroatoms. The zero-order valence-electron chi connectivity index (χ0n) is 12.6. The van der Waals surface area contributed by atoms with E-state index in [0.29, 0.717) is 0 Å². The highest BCUT2D eigenvalue weighted by Gasteiger charge is 2.20. The first-order chi connectivity index (χ1) is 8.72. The minimum Gasteiger partial charge on any atom is -0.382 e. The fourth-order valence-electron chi connectivity index (χ4n) is 2.94. The highest BCUT2D eigenvalue weighted by atomic mass is 16.5. The third-order valence-electron chi connectivity index (χ3n) is 3.65. The lowest BCUT2D eigenvalue weighted by atomic mass is 9.92. The predicted molar refractivity (Wildman–Crippen MR) is 78.0 cm³/mol. The van der Waals surface area contributed by atoms with Gasteiger partial charge in [0.1, 0.15) is 0 Å². The van der Waals surface area contributed by atoms with E-state index in [1.807, 2.05) is 0 Å². The molecule has 0 aliphatic carbocycles. The molecule has 0 bridgehead atoms. The van der Waals surface area contributed by atoms with Gasteiger partial charge in [-0.3, -0.25) is 0 Å². The number of piperidine rings is 1. The molecule has 18 heavy (non-hydrogen) atoms. The molecule has 2 atom stereocenters. The standard InChI is InChI=1S/C15H32N2O/c1-4-18-10-6-5-7-16-8-9-17-12-14(2)11-15(3)13-17/h14-16H,4-13H2,1-3H3. The molecule has 0 aromatic heterocycles. The molecule has 0 saturated carbocycles. The lowest BCUT2D eigenvalue weighted by molar-refractivity contribution is 0.139. The van der Waals surface area contributed by atoms with Gasteiger partial charge in [0.05, 0.1) is 0 Å². The number of rotatable bonds is 9. The molecule has 0 aromatic carbocycles. The Morgan fingerprint density at radius 2 is 1.83 bits per heavy atom. The maximum atomic E-state index is 5.32. The number of likely N-dealkylation sites (tertiary alicyclic amines) is 1. The average Bonchev–Trinajstić information content (AvgIpc) is 2.31. The zero-order chi connectivity index (χ0) is 13.2. The zero-order valence-corrected chi connectivity index (χ0v) is 12.6. The average molecular weight is 256 g/mol. The Balaban J connectivity index is 1.91. The molecule has 1 saturated heterocycles. The highest BCUT2D eigenvalue weighted by molar-refractivity contribution is 4.74. The van der Waals surface area contributed by atoms with Crippen LogP contribution in [-0.4, -0.2) is 50.8 Å². The largest absolute Gasteiger partial charge is 0.382 e. The summed E-state index contributed by atoms with van der Waals surface area (Å²) in [6.45, 7) is 14.6. The number of hydrogen-bond acceptors (Lipinski definition) is 3. The summed E-state index contributed by atoms with van der Waals surface area (Å²) >= 11 is 0. The van der Waals surface area contributed by atoms with Crippen LogP contribution in [0, 0.1) is 11.8 Å². The Kier molecular flexibility index (Phi) is 8.64. The summed E-state index contributed by atoms with van der Waals surface area (Å²) in [7, 11) is 0. The lowest BCUT2D eigenvalue weighted by Crippen LogP contribution is -2.42. The SMILES string of the molecule is CCOCCCCNCCN1CC(C)CC(C)C1. The Morgan fingerprint density at radius 3 is 2.50 bits per heavy atom. The van der Waals surface area contributed by atoms with Gasteiger partial charge >= 0.3 is 0 Å². The molecule has 1 aliphatic rings. The molecule has 108 valence electrons. The van der Waals surface area contributed by atoms with Crippen LogP contribution in [0.3, 0.4) is 0 Å². The fourth-order valence-corrected chi connectivity index (χ4v) is 2.94. The quantitative estimate of drug-likeness (QED) is 0.641. The van der Waals surface area contributed by atoms with Crippen molar-refractivity contribution in [2.75, 3.05) is 45.9 Å². The van der Waals surface area contributed by atoms with Crippen LogP contribution in [0.25, 0.3) is 0 Å². The van der Waals surface area contributed by atoms with Gasteiger partial charge in [-0.2, -0.15) is 0 Å². The molecule has 1 aliphatic heterocycles. The van der Waals surface area contributed by atoms with Crippen molar-refractivity contribution in [3.8, 4) is 0 Å². The second-order valence-electron chi connectivity index (χ2n) is 5.86. The Hall–Kier alpha value is -0.120. The minimum absolute atomic E-state index is 0.846. The van der Waals surface area contributed by atoms with Crippen LogP contribution in [0.1, 0.15) is 40.0 Å². The summed E-state index contributed by atoms with van der Waals surface area (Å²) in [4.78, 5) is 2.62. The maximum absolute atomic E-state index is 5.32. The summed E-state index contributed by atoms with van der Waals surface area (Å²) in [5.74, 6) is 1.75. The molecule has 0 amide bonds. The molecular weight excluding hydrogens is 224 g/mol. The summed E-state index contributed by atoms with van der Waals surface area (Å²) in [6.07, 6.45) is 3.81. The van der Waals surface area contributed by atoms with Crippen molar-refractivity contribution in [3.05, 3.63) is 0 Å². The summed E-state index contributed by atoms with van der Waals surface area (Å²) < 4.78 is 5.32. The van der Waals surface area contributed by atoms with Crippen molar-refractivity contribution in [2.45, 2.75) is 40.0 Å². The molecule has 1 heterocycles. The number of nitrogens with zero attached hydrogens (tertiary/aromatic N) is 1. The van der Waals surface area contributed by atoms with Gasteiger partial charge in [-0.25, -0.2) is 0 Å². The molecular formula is C15H32N2O. The third kappa shape index (κ3) is 7.34. The number of ether oxygens (including phenoxy) is 1. The van der Waals surface area contributed by atoms with E-state index in [2.05, 4.69) is 31.0 Å². The molecule has 0 spiro atoms. The molecule has 2 unspecified atom stereocenters. The Labute approximate surface area is 113 Å². The van der Waals surface area contributed by atoms with Crippen LogP contribution in [0.2, 0.25) is 0 Å². The van der Waals surface area contributed by atoms with E-state index < -0.39 is 0 Å². The molecule has 1 N–H and O–H groups in total. The second kappa shape index (κ2) is 9.76. The van der Waals surface area contributed by atoms with Crippen LogP contribution in [0.5, 0.6) is 0 Å². The van der Waals surface area contributed by atoms with E-state index in [0.717, 1.165) is 38.1 Å². The van der Waals surface area contributed by atoms with Gasteiger partial charge in [0.25, 0.3) is 0 Å². The van der Waals surface area contributed by atoms with Crippen LogP contribution >= 0.6 is 0 Å². The van der Waals surface area contributed by atoms with Gasteiger partial charge < -0.3 is 15.0 Å². The predicted octanol–water partition coefficient (Wildman–Crippen LogP) is 2.37. The number of hydrogen-bond donors (Lipinski definition) is 1. The van der Waals surface area contributed by atoms with Gasteiger partial charge in [-0.05, 0) is 44.6 Å². The summed E-state index contributed by atoms with van der Waals surface area (Å²) in [6, 6.07) is 0. The van der Waals surface area contributed by atoms with E-state index in [-0.39, 0.29) is 0 Å². The first-order valence-electron chi connectivity index (χ1n) is 7.73. The minimum atomic E-state index is 0.846. The van der Waals surface area contributed by atoms with Crippen molar-refractivity contribution in [3.63, 3.8) is 0 Å². The highest BCUT2D eigenvalue weighted by Crippen LogP contribution is 2.20.